The van der Waals surface area contributed by atoms with Crippen LogP contribution in [0.25, 0.3) is 0 Å². The Labute approximate surface area is 190 Å². The lowest BCUT2D eigenvalue weighted by Crippen LogP contribution is -2.25. The van der Waals surface area contributed by atoms with E-state index in [1.54, 1.807) is 48.5 Å². The van der Waals surface area contributed by atoms with Gasteiger partial charge in [0.15, 0.2) is 6.29 Å². The van der Waals surface area contributed by atoms with E-state index in [9.17, 15) is 18.3 Å². The number of aryl methyl sites for hydroxylation is 1. The fraction of sp³-hybridized carbons (Fsp3) is 0.458. The molecule has 2 rings (SSSR count). The van der Waals surface area contributed by atoms with Crippen LogP contribution in [0.1, 0.15) is 73.1 Å². The number of aliphatic hydroxyl groups excluding tert-OH is 1. The van der Waals surface area contributed by atoms with E-state index in [4.69, 9.17) is 13.7 Å². The second-order valence-corrected chi connectivity index (χ2v) is 9.83. The molecule has 0 amide bonds. The number of rotatable bonds is 11. The van der Waals surface area contributed by atoms with Crippen LogP contribution in [0.15, 0.2) is 48.5 Å². The summed E-state index contributed by atoms with van der Waals surface area (Å²) in [7, 11) is -2.45. The molecule has 8 heteroatoms. The van der Waals surface area contributed by atoms with Crippen LogP contribution in [0, 0.1) is 0 Å². The van der Waals surface area contributed by atoms with Crippen LogP contribution >= 0.6 is 0 Å². The first-order valence-corrected chi connectivity index (χ1v) is 12.3. The lowest BCUT2D eigenvalue weighted by atomic mass is 9.97. The molecule has 0 heterocycles. The smallest absolute Gasteiger partial charge is 0.338 e. The quantitative estimate of drug-likeness (QED) is 0.300. The molecule has 0 saturated carbocycles. The third-order valence-electron chi connectivity index (χ3n) is 5.24. The van der Waals surface area contributed by atoms with Gasteiger partial charge in [0.2, 0.25) is 0 Å². The third-order valence-corrected chi connectivity index (χ3v) is 5.82. The van der Waals surface area contributed by atoms with Crippen molar-refractivity contribution >= 4 is 16.1 Å². The summed E-state index contributed by atoms with van der Waals surface area (Å²) >= 11 is 0. The summed E-state index contributed by atoms with van der Waals surface area (Å²) in [5.41, 5.74) is 1.72. The molecular weight excluding hydrogens is 432 g/mol. The fourth-order valence-electron chi connectivity index (χ4n) is 3.18. The van der Waals surface area contributed by atoms with E-state index in [1.165, 1.54) is 7.11 Å². The van der Waals surface area contributed by atoms with Crippen molar-refractivity contribution < 1.29 is 32.0 Å². The van der Waals surface area contributed by atoms with Crippen molar-refractivity contribution in [3.8, 4) is 0 Å². The molecule has 0 bridgehead atoms. The average Bonchev–Trinajstić information content (AvgIpc) is 2.75. The van der Waals surface area contributed by atoms with Gasteiger partial charge in [-0.3, -0.25) is 4.18 Å². The van der Waals surface area contributed by atoms with Crippen LogP contribution in [-0.2, 0) is 30.2 Å². The molecule has 0 aliphatic rings. The molecule has 0 spiro atoms. The Morgan fingerprint density at radius 2 is 1.75 bits per heavy atom. The van der Waals surface area contributed by atoms with Crippen molar-refractivity contribution in [1.82, 2.24) is 0 Å². The summed E-state index contributed by atoms with van der Waals surface area (Å²) in [6.45, 7) is 5.73. The number of ether oxygens (including phenoxy) is 2. The van der Waals surface area contributed by atoms with Crippen LogP contribution in [0.3, 0.4) is 0 Å². The fourth-order valence-corrected chi connectivity index (χ4v) is 3.81. The van der Waals surface area contributed by atoms with Crippen LogP contribution in [0.5, 0.6) is 0 Å². The normalized spacial score (nSPS) is 14.1. The van der Waals surface area contributed by atoms with E-state index in [-0.39, 0.29) is 0 Å². The standard InChI is InChI=1S/C24H32O7S/c1-6-24(2,3)30-22(25)19-12-9-11-18(16-19)21(31-32(5,27)28)15-14-17-10-7-8-13-20(17)23(26)29-4/h7-13,16,21-22,25H,6,14-15H2,1-5H3/t21?,22-/m0/s1. The molecule has 2 aromatic carbocycles. The highest BCUT2D eigenvalue weighted by Gasteiger charge is 2.24. The molecule has 0 saturated heterocycles. The van der Waals surface area contributed by atoms with Gasteiger partial charge in [-0.15, -0.1) is 0 Å². The maximum Gasteiger partial charge on any atom is 0.338 e. The van der Waals surface area contributed by atoms with Crippen molar-refractivity contribution in [2.45, 2.75) is 58.0 Å². The Bertz CT molecular complexity index is 1010. The Balaban J connectivity index is 2.30. The summed E-state index contributed by atoms with van der Waals surface area (Å²) in [4.78, 5) is 12.0. The molecule has 2 atom stereocenters. The number of benzene rings is 2. The highest BCUT2D eigenvalue weighted by Crippen LogP contribution is 2.30. The first-order valence-electron chi connectivity index (χ1n) is 10.5. The number of hydrogen-bond acceptors (Lipinski definition) is 7. The van der Waals surface area contributed by atoms with Gasteiger partial charge >= 0.3 is 5.97 Å². The Kier molecular flexibility index (Phi) is 8.98. The Hall–Kier alpha value is -2.26. The topological polar surface area (TPSA) is 99.1 Å². The molecule has 176 valence electrons. The van der Waals surface area contributed by atoms with Crippen molar-refractivity contribution in [3.05, 3.63) is 70.8 Å². The minimum absolute atomic E-state index is 0.294. The third kappa shape index (κ3) is 7.70. The zero-order valence-corrected chi connectivity index (χ0v) is 20.0. The number of aliphatic hydroxyl groups is 1. The molecule has 0 fully saturated rings. The summed E-state index contributed by atoms with van der Waals surface area (Å²) in [6.07, 6.45) is 0.419. The summed E-state index contributed by atoms with van der Waals surface area (Å²) < 4.78 is 39.8. The molecule has 0 aliphatic heterocycles. The molecule has 2 aromatic rings. The van der Waals surface area contributed by atoms with Gasteiger partial charge in [0, 0.05) is 5.56 Å². The zero-order chi connectivity index (χ0) is 23.9. The number of carbonyl (C=O) groups excluding carboxylic acids is 1. The van der Waals surface area contributed by atoms with Gasteiger partial charge in [0.05, 0.1) is 24.5 Å². The monoisotopic (exact) mass is 464 g/mol. The van der Waals surface area contributed by atoms with Gasteiger partial charge in [0.25, 0.3) is 10.1 Å². The van der Waals surface area contributed by atoms with Gasteiger partial charge < -0.3 is 14.6 Å². The highest BCUT2D eigenvalue weighted by molar-refractivity contribution is 7.86. The maximum atomic E-state index is 12.0. The number of carbonyl (C=O) groups is 1. The van der Waals surface area contributed by atoms with E-state index >= 15 is 0 Å². The molecule has 7 nitrogen and oxygen atoms in total. The van der Waals surface area contributed by atoms with Gasteiger partial charge in [-0.2, -0.15) is 8.42 Å². The van der Waals surface area contributed by atoms with E-state index in [0.717, 1.165) is 11.8 Å². The molecule has 1 unspecified atom stereocenters. The number of hydrogen-bond donors (Lipinski definition) is 1. The Morgan fingerprint density at radius 1 is 1.09 bits per heavy atom. The second-order valence-electron chi connectivity index (χ2n) is 8.23. The molecule has 0 aliphatic carbocycles. The van der Waals surface area contributed by atoms with E-state index in [2.05, 4.69) is 0 Å². The van der Waals surface area contributed by atoms with Crippen LogP contribution in [-0.4, -0.2) is 38.5 Å². The minimum atomic E-state index is -3.76. The molecular formula is C24H32O7S. The summed E-state index contributed by atoms with van der Waals surface area (Å²) in [5.74, 6) is -0.456. The first kappa shape index (κ1) is 26.0. The minimum Gasteiger partial charge on any atom is -0.465 e. The predicted molar refractivity (Wildman–Crippen MR) is 122 cm³/mol. The van der Waals surface area contributed by atoms with E-state index in [0.29, 0.717) is 36.0 Å². The van der Waals surface area contributed by atoms with Crippen molar-refractivity contribution in [1.29, 1.82) is 0 Å². The SMILES string of the molecule is CCC(C)(C)O[C@H](O)c1cccc(C(CCc2ccccc2C(=O)OC)OS(C)(=O)=O)c1. The number of methoxy groups -OCH3 is 1. The first-order chi connectivity index (χ1) is 15.0. The largest absolute Gasteiger partial charge is 0.465 e. The van der Waals surface area contributed by atoms with E-state index < -0.39 is 34.1 Å². The van der Waals surface area contributed by atoms with Crippen molar-refractivity contribution in [2.75, 3.05) is 13.4 Å². The van der Waals surface area contributed by atoms with Crippen LogP contribution in [0.2, 0.25) is 0 Å². The zero-order valence-electron chi connectivity index (χ0n) is 19.2. The summed E-state index contributed by atoms with van der Waals surface area (Å²) in [6, 6.07) is 13.9. The van der Waals surface area contributed by atoms with Crippen molar-refractivity contribution in [2.24, 2.45) is 0 Å². The second kappa shape index (κ2) is 11.0. The maximum absolute atomic E-state index is 12.0. The van der Waals surface area contributed by atoms with E-state index in [1.807, 2.05) is 20.8 Å². The highest BCUT2D eigenvalue weighted by atomic mass is 32.2. The van der Waals surface area contributed by atoms with Gasteiger partial charge in [-0.25, -0.2) is 4.79 Å². The van der Waals surface area contributed by atoms with Gasteiger partial charge in [0.1, 0.15) is 6.10 Å². The van der Waals surface area contributed by atoms with Gasteiger partial charge in [-0.1, -0.05) is 43.3 Å². The number of esters is 1. The predicted octanol–water partition coefficient (Wildman–Crippen LogP) is 4.32. The molecule has 1 N–H and O–H groups in total. The van der Waals surface area contributed by atoms with Crippen LogP contribution in [0.4, 0.5) is 0 Å². The molecule has 32 heavy (non-hydrogen) atoms. The summed E-state index contributed by atoms with van der Waals surface area (Å²) in [5, 5.41) is 10.5. The molecule has 0 radical (unpaired) electrons. The lowest BCUT2D eigenvalue weighted by molar-refractivity contribution is -0.177. The van der Waals surface area contributed by atoms with Gasteiger partial charge in [-0.05, 0) is 56.4 Å². The lowest BCUT2D eigenvalue weighted by Gasteiger charge is -2.27. The van der Waals surface area contributed by atoms with Crippen molar-refractivity contribution in [3.63, 3.8) is 0 Å². The van der Waals surface area contributed by atoms with Crippen LogP contribution < -0.4 is 0 Å². The Morgan fingerprint density at radius 3 is 2.38 bits per heavy atom. The average molecular weight is 465 g/mol. The molecule has 0 aromatic heterocycles.